The second-order valence-corrected chi connectivity index (χ2v) is 6.07. The lowest BCUT2D eigenvalue weighted by Gasteiger charge is -2.03. The second kappa shape index (κ2) is 5.81. The van der Waals surface area contributed by atoms with Crippen LogP contribution in [0.25, 0.3) is 44.2 Å². The topological polar surface area (TPSA) is 63.7 Å². The van der Waals surface area contributed by atoms with E-state index in [1.807, 2.05) is 49.4 Å². The van der Waals surface area contributed by atoms with Gasteiger partial charge in [0.2, 0.25) is 0 Å². The summed E-state index contributed by atoms with van der Waals surface area (Å²) < 4.78 is 5.52. The van der Waals surface area contributed by atoms with Crippen LogP contribution in [0.4, 0.5) is 0 Å². The summed E-state index contributed by atoms with van der Waals surface area (Å²) in [6, 6.07) is 15.9. The van der Waals surface area contributed by atoms with E-state index in [-0.39, 0.29) is 0 Å². The highest BCUT2D eigenvalue weighted by Crippen LogP contribution is 2.33. The molecular formula is C21H16N4O. The molecule has 0 radical (unpaired) electrons. The Morgan fingerprint density at radius 1 is 0.846 bits per heavy atom. The first-order valence-electron chi connectivity index (χ1n) is 8.59. The summed E-state index contributed by atoms with van der Waals surface area (Å²) in [4.78, 5) is 17.4. The first-order valence-corrected chi connectivity index (χ1v) is 8.59. The molecule has 26 heavy (non-hydrogen) atoms. The predicted octanol–water partition coefficient (Wildman–Crippen LogP) is 4.73. The molecule has 3 aromatic heterocycles. The van der Waals surface area contributed by atoms with E-state index in [0.717, 1.165) is 50.0 Å². The molecule has 3 heterocycles. The fourth-order valence-corrected chi connectivity index (χ4v) is 3.36. The average Bonchev–Trinajstić information content (AvgIpc) is 3.15. The summed E-state index contributed by atoms with van der Waals surface area (Å²) in [6.45, 7) is 2.63. The zero-order valence-electron chi connectivity index (χ0n) is 14.2. The summed E-state index contributed by atoms with van der Waals surface area (Å²) in [5.74, 6) is 1.68. The standard InChI is InChI=1S/C21H16N4O/c1-2-26-14-9-7-13(8-10-14)21-24-19-15-5-3-11-22-17(15)18-16(20(19)25-21)6-4-12-23-18/h3-12H,2H2,1H3,(H,24,25). The number of aromatic amines is 1. The highest BCUT2D eigenvalue weighted by Gasteiger charge is 2.14. The van der Waals surface area contributed by atoms with E-state index in [4.69, 9.17) is 9.72 Å². The van der Waals surface area contributed by atoms with Crippen molar-refractivity contribution in [2.24, 2.45) is 0 Å². The Kier molecular flexibility index (Phi) is 3.31. The maximum atomic E-state index is 5.52. The van der Waals surface area contributed by atoms with E-state index in [9.17, 15) is 0 Å². The Balaban J connectivity index is 1.79. The summed E-state index contributed by atoms with van der Waals surface area (Å²) in [5.41, 5.74) is 4.67. The van der Waals surface area contributed by atoms with Gasteiger partial charge in [0, 0.05) is 28.7 Å². The molecule has 126 valence electrons. The summed E-state index contributed by atoms with van der Waals surface area (Å²) >= 11 is 0. The average molecular weight is 340 g/mol. The molecule has 5 nitrogen and oxygen atoms in total. The first-order chi connectivity index (χ1) is 12.8. The Bertz CT molecular complexity index is 1170. The van der Waals surface area contributed by atoms with Gasteiger partial charge in [-0.05, 0) is 55.5 Å². The van der Waals surface area contributed by atoms with Gasteiger partial charge >= 0.3 is 0 Å². The number of nitrogens with zero attached hydrogens (tertiary/aromatic N) is 3. The largest absolute Gasteiger partial charge is 0.494 e. The van der Waals surface area contributed by atoms with Crippen LogP contribution < -0.4 is 4.74 Å². The van der Waals surface area contributed by atoms with Crippen LogP contribution in [0.3, 0.4) is 0 Å². The Hall–Kier alpha value is -3.47. The molecule has 0 saturated heterocycles. The number of hydrogen-bond acceptors (Lipinski definition) is 4. The third-order valence-corrected chi connectivity index (χ3v) is 4.51. The van der Waals surface area contributed by atoms with Crippen LogP contribution in [0.1, 0.15) is 6.92 Å². The van der Waals surface area contributed by atoms with Crippen LogP contribution in [0, 0.1) is 0 Å². The molecule has 5 aromatic rings. The van der Waals surface area contributed by atoms with E-state index >= 15 is 0 Å². The van der Waals surface area contributed by atoms with Gasteiger partial charge in [0.05, 0.1) is 28.7 Å². The molecule has 0 bridgehead atoms. The third kappa shape index (κ3) is 2.21. The van der Waals surface area contributed by atoms with Gasteiger partial charge in [0.15, 0.2) is 0 Å². The highest BCUT2D eigenvalue weighted by molar-refractivity contribution is 6.20. The SMILES string of the molecule is CCOc1ccc(-c2nc3c4cccnc4c4ncccc4c3[nH]2)cc1. The lowest BCUT2D eigenvalue weighted by atomic mass is 10.1. The lowest BCUT2D eigenvalue weighted by molar-refractivity contribution is 0.340. The van der Waals surface area contributed by atoms with Crippen molar-refractivity contribution in [1.82, 2.24) is 19.9 Å². The number of ether oxygens (including phenoxy) is 1. The molecular weight excluding hydrogens is 324 g/mol. The molecule has 0 aliphatic carbocycles. The van der Waals surface area contributed by atoms with Crippen molar-refractivity contribution in [3.63, 3.8) is 0 Å². The molecule has 0 amide bonds. The van der Waals surface area contributed by atoms with Crippen LogP contribution in [0.5, 0.6) is 5.75 Å². The van der Waals surface area contributed by atoms with Crippen molar-refractivity contribution in [3.05, 3.63) is 60.9 Å². The van der Waals surface area contributed by atoms with Crippen LogP contribution >= 0.6 is 0 Å². The number of pyridine rings is 2. The van der Waals surface area contributed by atoms with Gasteiger partial charge in [-0.15, -0.1) is 0 Å². The maximum Gasteiger partial charge on any atom is 0.138 e. The molecule has 1 N–H and O–H groups in total. The number of aromatic nitrogens is 4. The zero-order chi connectivity index (χ0) is 17.5. The molecule has 0 spiro atoms. The second-order valence-electron chi connectivity index (χ2n) is 6.07. The number of imidazole rings is 1. The summed E-state index contributed by atoms with van der Waals surface area (Å²) in [5, 5.41) is 2.03. The van der Waals surface area contributed by atoms with Gasteiger partial charge in [-0.25, -0.2) is 4.98 Å². The summed E-state index contributed by atoms with van der Waals surface area (Å²) in [7, 11) is 0. The normalized spacial score (nSPS) is 11.4. The Labute approximate surface area is 149 Å². The smallest absolute Gasteiger partial charge is 0.138 e. The predicted molar refractivity (Wildman–Crippen MR) is 103 cm³/mol. The number of benzene rings is 2. The van der Waals surface area contributed by atoms with Gasteiger partial charge in [-0.1, -0.05) is 0 Å². The zero-order valence-corrected chi connectivity index (χ0v) is 14.2. The van der Waals surface area contributed by atoms with Crippen LogP contribution in [0.15, 0.2) is 60.9 Å². The van der Waals surface area contributed by atoms with Crippen LogP contribution in [-0.2, 0) is 0 Å². The molecule has 0 aliphatic rings. The van der Waals surface area contributed by atoms with E-state index in [2.05, 4.69) is 21.0 Å². The van der Waals surface area contributed by atoms with E-state index in [1.165, 1.54) is 0 Å². The fourth-order valence-electron chi connectivity index (χ4n) is 3.36. The molecule has 5 heteroatoms. The number of H-pyrrole nitrogens is 1. The third-order valence-electron chi connectivity index (χ3n) is 4.51. The van der Waals surface area contributed by atoms with Crippen molar-refractivity contribution >= 4 is 32.8 Å². The minimum absolute atomic E-state index is 0.655. The van der Waals surface area contributed by atoms with Crippen molar-refractivity contribution in [2.75, 3.05) is 6.61 Å². The van der Waals surface area contributed by atoms with Crippen molar-refractivity contribution in [2.45, 2.75) is 6.92 Å². The van der Waals surface area contributed by atoms with Gasteiger partial charge < -0.3 is 9.72 Å². The van der Waals surface area contributed by atoms with Crippen LogP contribution in [0.2, 0.25) is 0 Å². The Morgan fingerprint density at radius 3 is 2.27 bits per heavy atom. The first kappa shape index (κ1) is 14.8. The molecule has 0 saturated carbocycles. The maximum absolute atomic E-state index is 5.52. The molecule has 2 aromatic carbocycles. The van der Waals surface area contributed by atoms with E-state index < -0.39 is 0 Å². The van der Waals surface area contributed by atoms with E-state index in [1.54, 1.807) is 12.4 Å². The number of hydrogen-bond donors (Lipinski definition) is 1. The number of nitrogens with one attached hydrogen (secondary N) is 1. The monoisotopic (exact) mass is 340 g/mol. The summed E-state index contributed by atoms with van der Waals surface area (Å²) in [6.07, 6.45) is 3.59. The number of fused-ring (bicyclic) bond motifs is 6. The van der Waals surface area contributed by atoms with E-state index in [0.29, 0.717) is 6.61 Å². The minimum atomic E-state index is 0.655. The molecule has 0 aliphatic heterocycles. The number of rotatable bonds is 3. The highest BCUT2D eigenvalue weighted by atomic mass is 16.5. The van der Waals surface area contributed by atoms with Crippen LogP contribution in [-0.4, -0.2) is 26.5 Å². The van der Waals surface area contributed by atoms with Crippen molar-refractivity contribution in [1.29, 1.82) is 0 Å². The lowest BCUT2D eigenvalue weighted by Crippen LogP contribution is -1.90. The van der Waals surface area contributed by atoms with Gasteiger partial charge in [0.25, 0.3) is 0 Å². The Morgan fingerprint density at radius 2 is 1.54 bits per heavy atom. The fraction of sp³-hybridized carbons (Fsp3) is 0.0952. The van der Waals surface area contributed by atoms with Gasteiger partial charge in [0.1, 0.15) is 11.6 Å². The van der Waals surface area contributed by atoms with Crippen molar-refractivity contribution < 1.29 is 4.74 Å². The molecule has 0 fully saturated rings. The minimum Gasteiger partial charge on any atom is -0.494 e. The van der Waals surface area contributed by atoms with Crippen molar-refractivity contribution in [3.8, 4) is 17.1 Å². The van der Waals surface area contributed by atoms with Gasteiger partial charge in [-0.2, -0.15) is 0 Å². The molecule has 5 rings (SSSR count). The quantitative estimate of drug-likeness (QED) is 0.483. The molecule has 0 atom stereocenters. The molecule has 0 unspecified atom stereocenters. The van der Waals surface area contributed by atoms with Gasteiger partial charge in [-0.3, -0.25) is 9.97 Å².